The highest BCUT2D eigenvalue weighted by Gasteiger charge is 2.72. The summed E-state index contributed by atoms with van der Waals surface area (Å²) >= 11 is 0. The maximum absolute atomic E-state index is 14.6. The molecule has 3 amide bonds. The van der Waals surface area contributed by atoms with Crippen LogP contribution in [0, 0.1) is 17.8 Å². The van der Waals surface area contributed by atoms with Gasteiger partial charge >= 0.3 is 0 Å². The minimum atomic E-state index is -1.31. The lowest BCUT2D eigenvalue weighted by Crippen LogP contribution is -2.59. The number of benzene rings is 1. The zero-order valence-electron chi connectivity index (χ0n) is 24.2. The molecular formula is C31H42N4O5. The van der Waals surface area contributed by atoms with Crippen LogP contribution in [0.25, 0.3) is 0 Å². The van der Waals surface area contributed by atoms with E-state index >= 15 is 0 Å². The number of likely N-dealkylation sites (N-methyl/N-ethyl adjacent to an activating group) is 1. The molecule has 5 rings (SSSR count). The summed E-state index contributed by atoms with van der Waals surface area (Å²) in [5, 5.41) is 10.5. The summed E-state index contributed by atoms with van der Waals surface area (Å²) in [4.78, 5) is 49.7. The third-order valence-electron chi connectivity index (χ3n) is 9.43. The molecule has 4 aliphatic heterocycles. The number of amides is 3. The molecule has 0 aliphatic carbocycles. The molecule has 0 bridgehead atoms. The second kappa shape index (κ2) is 11.0. The van der Waals surface area contributed by atoms with Crippen molar-refractivity contribution < 1.29 is 24.2 Å². The van der Waals surface area contributed by atoms with Gasteiger partial charge in [0.1, 0.15) is 11.6 Å². The molecule has 0 saturated carbocycles. The van der Waals surface area contributed by atoms with Gasteiger partial charge < -0.3 is 29.4 Å². The molecule has 1 aromatic rings. The molecule has 1 spiro atoms. The molecule has 2 saturated heterocycles. The Labute approximate surface area is 237 Å². The minimum absolute atomic E-state index is 0.0603. The predicted molar refractivity (Wildman–Crippen MR) is 154 cm³/mol. The molecule has 2 fully saturated rings. The molecule has 40 heavy (non-hydrogen) atoms. The lowest BCUT2D eigenvalue weighted by Gasteiger charge is -2.40. The smallest absolute Gasteiger partial charge is 0.253 e. The van der Waals surface area contributed by atoms with Crippen LogP contribution >= 0.6 is 0 Å². The average Bonchev–Trinajstić information content (AvgIpc) is 3.29. The molecule has 9 heteroatoms. The fraction of sp³-hybridized carbons (Fsp3) is 0.581. The van der Waals surface area contributed by atoms with E-state index in [2.05, 4.69) is 18.7 Å². The SMILES string of the molecule is CC[C@H](C)[C@H](CO)N1C(=O)[C@@H]2[C@@H]3C(=O)N(C)CC=C[C@@H]3O[C@@]23C=CCN(c2ccc(N(CC)CC)cc2)C(=O)C13. The van der Waals surface area contributed by atoms with Gasteiger partial charge in [-0.25, -0.2) is 0 Å². The van der Waals surface area contributed by atoms with Crippen LogP contribution in [0.4, 0.5) is 11.4 Å². The van der Waals surface area contributed by atoms with Crippen LogP contribution in [-0.4, -0.2) is 96.3 Å². The second-order valence-electron chi connectivity index (χ2n) is 11.4. The van der Waals surface area contributed by atoms with Crippen LogP contribution in [0.1, 0.15) is 34.1 Å². The van der Waals surface area contributed by atoms with Crippen molar-refractivity contribution >= 4 is 29.1 Å². The number of carbonyl (C=O) groups is 3. The van der Waals surface area contributed by atoms with Crippen molar-refractivity contribution in [1.29, 1.82) is 0 Å². The molecule has 7 atom stereocenters. The van der Waals surface area contributed by atoms with Crippen molar-refractivity contribution in [3.05, 3.63) is 48.6 Å². The number of aliphatic hydroxyl groups is 1. The van der Waals surface area contributed by atoms with Gasteiger partial charge in [-0.2, -0.15) is 0 Å². The number of ether oxygens (including phenoxy) is 1. The maximum Gasteiger partial charge on any atom is 0.253 e. The first-order valence-corrected chi connectivity index (χ1v) is 14.6. The van der Waals surface area contributed by atoms with Gasteiger partial charge in [-0.3, -0.25) is 14.4 Å². The van der Waals surface area contributed by atoms with Crippen molar-refractivity contribution in [2.75, 3.05) is 49.6 Å². The largest absolute Gasteiger partial charge is 0.394 e. The Balaban J connectivity index is 1.60. The third kappa shape index (κ3) is 4.25. The second-order valence-corrected chi connectivity index (χ2v) is 11.4. The Hall–Kier alpha value is -3.17. The van der Waals surface area contributed by atoms with E-state index in [1.54, 1.807) is 21.7 Å². The van der Waals surface area contributed by atoms with Crippen molar-refractivity contribution in [1.82, 2.24) is 9.80 Å². The van der Waals surface area contributed by atoms with Gasteiger partial charge in [0.2, 0.25) is 11.8 Å². The van der Waals surface area contributed by atoms with Crippen LogP contribution in [0.5, 0.6) is 0 Å². The minimum Gasteiger partial charge on any atom is -0.394 e. The fourth-order valence-electron chi connectivity index (χ4n) is 7.04. The van der Waals surface area contributed by atoms with Gasteiger partial charge in [0.05, 0.1) is 30.6 Å². The highest BCUT2D eigenvalue weighted by molar-refractivity contribution is 6.06. The number of hydrogen-bond donors (Lipinski definition) is 1. The van der Waals surface area contributed by atoms with Gasteiger partial charge in [0.15, 0.2) is 0 Å². The molecule has 0 radical (unpaired) electrons. The maximum atomic E-state index is 14.6. The van der Waals surface area contributed by atoms with Crippen LogP contribution in [0.2, 0.25) is 0 Å². The van der Waals surface area contributed by atoms with E-state index in [9.17, 15) is 19.5 Å². The van der Waals surface area contributed by atoms with Crippen molar-refractivity contribution in [3.8, 4) is 0 Å². The predicted octanol–water partition coefficient (Wildman–Crippen LogP) is 2.45. The summed E-state index contributed by atoms with van der Waals surface area (Å²) < 4.78 is 6.68. The first-order chi connectivity index (χ1) is 19.2. The van der Waals surface area contributed by atoms with E-state index in [1.807, 2.05) is 62.4 Å². The molecule has 1 N–H and O–H groups in total. The molecule has 4 heterocycles. The number of likely N-dealkylation sites (tertiary alicyclic amines) is 1. The van der Waals surface area contributed by atoms with E-state index < -0.39 is 35.6 Å². The summed E-state index contributed by atoms with van der Waals surface area (Å²) in [7, 11) is 1.72. The molecule has 1 aromatic carbocycles. The van der Waals surface area contributed by atoms with Gasteiger partial charge in [-0.05, 0) is 44.0 Å². The number of rotatable bonds is 8. The van der Waals surface area contributed by atoms with Gasteiger partial charge in [0, 0.05) is 44.6 Å². The quantitative estimate of drug-likeness (QED) is 0.500. The van der Waals surface area contributed by atoms with Crippen LogP contribution in [0.15, 0.2) is 48.6 Å². The van der Waals surface area contributed by atoms with Crippen molar-refractivity contribution in [2.45, 2.75) is 57.9 Å². The molecular weight excluding hydrogens is 508 g/mol. The number of anilines is 2. The van der Waals surface area contributed by atoms with Crippen molar-refractivity contribution in [2.24, 2.45) is 17.8 Å². The molecule has 9 nitrogen and oxygen atoms in total. The fourth-order valence-corrected chi connectivity index (χ4v) is 7.04. The van der Waals surface area contributed by atoms with E-state index in [0.717, 1.165) is 30.9 Å². The Morgan fingerprint density at radius 2 is 1.73 bits per heavy atom. The van der Waals surface area contributed by atoms with Gasteiger partial charge in [-0.1, -0.05) is 44.6 Å². The van der Waals surface area contributed by atoms with Crippen LogP contribution in [0.3, 0.4) is 0 Å². The average molecular weight is 551 g/mol. The standard InChI is InChI=1S/C31H42N4O5/c1-6-20(4)23(19-36)35-27-30(39)34(22-14-12-21(13-15-22)33(7-2)8-3)18-10-16-31(27)26(29(35)38)25-24(40-31)11-9-17-32(5)28(25)37/h9-16,20,23-27,36H,6-8,17-19H2,1-5H3/t20-,23-,24-,25+,26-,27?,31-/m0/s1. The molecule has 1 unspecified atom stereocenters. The molecule has 4 aliphatic rings. The van der Waals surface area contributed by atoms with Crippen LogP contribution in [-0.2, 0) is 19.1 Å². The summed E-state index contributed by atoms with van der Waals surface area (Å²) in [5.41, 5.74) is 0.496. The summed E-state index contributed by atoms with van der Waals surface area (Å²) in [6, 6.07) is 6.32. The lowest BCUT2D eigenvalue weighted by atomic mass is 9.77. The Morgan fingerprint density at radius 1 is 1.02 bits per heavy atom. The summed E-state index contributed by atoms with van der Waals surface area (Å²) in [5.74, 6) is -2.38. The van der Waals surface area contributed by atoms with E-state index in [0.29, 0.717) is 13.1 Å². The Bertz CT molecular complexity index is 1190. The monoisotopic (exact) mass is 550 g/mol. The zero-order valence-corrected chi connectivity index (χ0v) is 24.2. The summed E-state index contributed by atoms with van der Waals surface area (Å²) in [6.45, 7) is 10.4. The van der Waals surface area contributed by atoms with Crippen LogP contribution < -0.4 is 9.80 Å². The van der Waals surface area contributed by atoms with Gasteiger partial charge in [-0.15, -0.1) is 0 Å². The number of nitrogens with zero attached hydrogens (tertiary/aromatic N) is 4. The normalized spacial score (nSPS) is 31.1. The molecule has 216 valence electrons. The number of carbonyl (C=O) groups excluding carboxylic acids is 3. The molecule has 0 aromatic heterocycles. The van der Waals surface area contributed by atoms with E-state index in [-0.39, 0.29) is 30.2 Å². The van der Waals surface area contributed by atoms with E-state index in [1.165, 1.54) is 0 Å². The highest BCUT2D eigenvalue weighted by Crippen LogP contribution is 2.54. The van der Waals surface area contributed by atoms with E-state index in [4.69, 9.17) is 4.74 Å². The highest BCUT2D eigenvalue weighted by atomic mass is 16.5. The van der Waals surface area contributed by atoms with Gasteiger partial charge in [0.25, 0.3) is 5.91 Å². The Kier molecular flexibility index (Phi) is 7.81. The lowest BCUT2D eigenvalue weighted by molar-refractivity contribution is -0.147. The number of hydrogen-bond acceptors (Lipinski definition) is 6. The topological polar surface area (TPSA) is 93.6 Å². The van der Waals surface area contributed by atoms with Crippen molar-refractivity contribution in [3.63, 3.8) is 0 Å². The first kappa shape index (κ1) is 28.4. The zero-order chi connectivity index (χ0) is 28.8. The first-order valence-electron chi connectivity index (χ1n) is 14.6. The Morgan fingerprint density at radius 3 is 2.35 bits per heavy atom. The number of aliphatic hydroxyl groups excluding tert-OH is 1. The number of fused-ring (bicyclic) bond motifs is 2. The third-order valence-corrected chi connectivity index (χ3v) is 9.43. The summed E-state index contributed by atoms with van der Waals surface area (Å²) in [6.07, 6.45) is 7.60.